The molecule has 1 atom stereocenters. The van der Waals surface area contributed by atoms with Crippen LogP contribution in [0, 0.1) is 0 Å². The molecule has 0 bridgehead atoms. The molecule has 0 saturated carbocycles. The Balaban J connectivity index is 3.13. The van der Waals surface area contributed by atoms with Crippen LogP contribution in [0.3, 0.4) is 0 Å². The molecule has 2 N–H and O–H groups in total. The highest BCUT2D eigenvalue weighted by Gasteiger charge is 2.14. The number of rotatable bonds is 5. The minimum Gasteiger partial charge on any atom is -0.380 e. The van der Waals surface area contributed by atoms with Gasteiger partial charge in [0.1, 0.15) is 0 Å². The summed E-state index contributed by atoms with van der Waals surface area (Å²) >= 11 is 0. The zero-order valence-electron chi connectivity index (χ0n) is 6.02. The third-order valence-electron chi connectivity index (χ3n) is 0.982. The number of halogens is 2. The monoisotopic (exact) mass is 153 g/mol. The van der Waals surface area contributed by atoms with Gasteiger partial charge in [-0.15, -0.1) is 0 Å². The SMILES string of the molecule is CCCOCC(N)C(F)F. The molecule has 0 amide bonds. The van der Waals surface area contributed by atoms with E-state index in [-0.39, 0.29) is 6.61 Å². The van der Waals surface area contributed by atoms with E-state index in [0.29, 0.717) is 6.61 Å². The lowest BCUT2D eigenvalue weighted by Gasteiger charge is -2.09. The third-order valence-corrected chi connectivity index (χ3v) is 0.982. The molecule has 0 rings (SSSR count). The Kier molecular flexibility index (Phi) is 5.43. The highest BCUT2D eigenvalue weighted by atomic mass is 19.3. The van der Waals surface area contributed by atoms with Crippen molar-refractivity contribution in [2.24, 2.45) is 5.73 Å². The summed E-state index contributed by atoms with van der Waals surface area (Å²) in [6.07, 6.45) is -1.65. The largest absolute Gasteiger partial charge is 0.380 e. The van der Waals surface area contributed by atoms with Crippen molar-refractivity contribution in [2.75, 3.05) is 13.2 Å². The lowest BCUT2D eigenvalue weighted by atomic mass is 10.3. The van der Waals surface area contributed by atoms with Gasteiger partial charge in [-0.1, -0.05) is 6.92 Å². The van der Waals surface area contributed by atoms with Gasteiger partial charge in [-0.2, -0.15) is 0 Å². The van der Waals surface area contributed by atoms with Crippen LogP contribution in [0.4, 0.5) is 8.78 Å². The Morgan fingerprint density at radius 2 is 2.10 bits per heavy atom. The van der Waals surface area contributed by atoms with Gasteiger partial charge < -0.3 is 10.5 Å². The molecule has 10 heavy (non-hydrogen) atoms. The Labute approximate surface area is 59.3 Å². The zero-order chi connectivity index (χ0) is 7.98. The molecule has 62 valence electrons. The molecule has 0 heterocycles. The first-order valence-electron chi connectivity index (χ1n) is 3.30. The van der Waals surface area contributed by atoms with E-state index in [1.807, 2.05) is 6.92 Å². The summed E-state index contributed by atoms with van der Waals surface area (Å²) in [5.74, 6) is 0. The first-order valence-corrected chi connectivity index (χ1v) is 3.30. The Hall–Kier alpha value is -0.220. The van der Waals surface area contributed by atoms with Crippen molar-refractivity contribution in [1.29, 1.82) is 0 Å². The predicted molar refractivity (Wildman–Crippen MR) is 35.1 cm³/mol. The molecule has 0 aliphatic rings. The van der Waals surface area contributed by atoms with E-state index in [1.165, 1.54) is 0 Å². The van der Waals surface area contributed by atoms with Gasteiger partial charge >= 0.3 is 0 Å². The summed E-state index contributed by atoms with van der Waals surface area (Å²) in [4.78, 5) is 0. The molecular weight excluding hydrogens is 140 g/mol. The van der Waals surface area contributed by atoms with E-state index in [9.17, 15) is 8.78 Å². The van der Waals surface area contributed by atoms with Gasteiger partial charge in [0, 0.05) is 6.61 Å². The van der Waals surface area contributed by atoms with Crippen molar-refractivity contribution in [3.63, 3.8) is 0 Å². The minimum atomic E-state index is -2.48. The van der Waals surface area contributed by atoms with Gasteiger partial charge in [-0.3, -0.25) is 0 Å². The highest BCUT2D eigenvalue weighted by molar-refractivity contribution is 4.61. The van der Waals surface area contributed by atoms with Crippen LogP contribution in [0.2, 0.25) is 0 Å². The van der Waals surface area contributed by atoms with Crippen molar-refractivity contribution in [2.45, 2.75) is 25.8 Å². The maximum atomic E-state index is 11.7. The van der Waals surface area contributed by atoms with Crippen LogP contribution in [-0.2, 0) is 4.74 Å². The maximum absolute atomic E-state index is 11.7. The second-order valence-corrected chi connectivity index (χ2v) is 2.07. The Bertz CT molecular complexity index is 80.1. The smallest absolute Gasteiger partial charge is 0.255 e. The van der Waals surface area contributed by atoms with Crippen LogP contribution in [0.25, 0.3) is 0 Å². The fourth-order valence-electron chi connectivity index (χ4n) is 0.436. The van der Waals surface area contributed by atoms with Crippen LogP contribution in [0.5, 0.6) is 0 Å². The number of ether oxygens (including phenoxy) is 1. The minimum absolute atomic E-state index is 0.0501. The van der Waals surface area contributed by atoms with E-state index < -0.39 is 12.5 Å². The van der Waals surface area contributed by atoms with Gasteiger partial charge in [0.25, 0.3) is 6.43 Å². The zero-order valence-corrected chi connectivity index (χ0v) is 6.02. The summed E-state index contributed by atoms with van der Waals surface area (Å²) < 4.78 is 28.1. The average Bonchev–Trinajstić information content (AvgIpc) is 1.88. The molecule has 0 fully saturated rings. The van der Waals surface area contributed by atoms with Gasteiger partial charge in [0.2, 0.25) is 0 Å². The van der Waals surface area contributed by atoms with Gasteiger partial charge in [-0.05, 0) is 6.42 Å². The van der Waals surface area contributed by atoms with Gasteiger partial charge in [0.15, 0.2) is 0 Å². The molecule has 2 nitrogen and oxygen atoms in total. The van der Waals surface area contributed by atoms with Crippen molar-refractivity contribution in [3.8, 4) is 0 Å². The molecule has 4 heteroatoms. The molecule has 1 unspecified atom stereocenters. The van der Waals surface area contributed by atoms with Gasteiger partial charge in [-0.25, -0.2) is 8.78 Å². The van der Waals surface area contributed by atoms with Crippen molar-refractivity contribution in [3.05, 3.63) is 0 Å². The van der Waals surface area contributed by atoms with Crippen LogP contribution >= 0.6 is 0 Å². The quantitative estimate of drug-likeness (QED) is 0.598. The fraction of sp³-hybridized carbons (Fsp3) is 1.00. The summed E-state index contributed by atoms with van der Waals surface area (Å²) in [5, 5.41) is 0. The number of hydrogen-bond donors (Lipinski definition) is 1. The van der Waals surface area contributed by atoms with E-state index in [4.69, 9.17) is 10.5 Å². The van der Waals surface area contributed by atoms with Crippen molar-refractivity contribution >= 4 is 0 Å². The molecule has 0 aromatic carbocycles. The standard InChI is InChI=1S/C6H13F2NO/c1-2-3-10-4-5(9)6(7)8/h5-6H,2-4,9H2,1H3. The fourth-order valence-corrected chi connectivity index (χ4v) is 0.436. The van der Waals surface area contributed by atoms with E-state index in [0.717, 1.165) is 6.42 Å². The molecule has 0 aliphatic heterocycles. The molecule has 0 spiro atoms. The highest BCUT2D eigenvalue weighted by Crippen LogP contribution is 1.97. The average molecular weight is 153 g/mol. The summed E-state index contributed by atoms with van der Waals surface area (Å²) in [6.45, 7) is 2.36. The Morgan fingerprint density at radius 3 is 2.50 bits per heavy atom. The molecule has 0 aliphatic carbocycles. The molecule has 0 radical (unpaired) electrons. The number of alkyl halides is 2. The first-order chi connectivity index (χ1) is 4.68. The molecule has 0 aromatic rings. The number of nitrogens with two attached hydrogens (primary N) is 1. The van der Waals surface area contributed by atoms with E-state index >= 15 is 0 Å². The summed E-state index contributed by atoms with van der Waals surface area (Å²) in [7, 11) is 0. The maximum Gasteiger partial charge on any atom is 0.255 e. The lowest BCUT2D eigenvalue weighted by molar-refractivity contribution is 0.0465. The third kappa shape index (κ3) is 4.64. The summed E-state index contributed by atoms with van der Waals surface area (Å²) in [6, 6.07) is -1.13. The van der Waals surface area contributed by atoms with Crippen LogP contribution in [0.1, 0.15) is 13.3 Å². The van der Waals surface area contributed by atoms with Crippen LogP contribution in [0.15, 0.2) is 0 Å². The molecule has 0 aromatic heterocycles. The number of hydrogen-bond acceptors (Lipinski definition) is 2. The van der Waals surface area contributed by atoms with E-state index in [2.05, 4.69) is 0 Å². The first kappa shape index (κ1) is 9.78. The second kappa shape index (κ2) is 5.56. The van der Waals surface area contributed by atoms with Crippen molar-refractivity contribution in [1.82, 2.24) is 0 Å². The predicted octanol–water partition coefficient (Wildman–Crippen LogP) is 1.01. The molecular formula is C6H13F2NO. The van der Waals surface area contributed by atoms with Crippen LogP contribution < -0.4 is 5.73 Å². The second-order valence-electron chi connectivity index (χ2n) is 2.07. The topological polar surface area (TPSA) is 35.2 Å². The lowest BCUT2D eigenvalue weighted by Crippen LogP contribution is -2.33. The summed E-state index contributed by atoms with van der Waals surface area (Å²) in [5.41, 5.74) is 4.98. The van der Waals surface area contributed by atoms with Crippen molar-refractivity contribution < 1.29 is 13.5 Å². The normalized spacial score (nSPS) is 14.1. The van der Waals surface area contributed by atoms with Gasteiger partial charge in [0.05, 0.1) is 12.6 Å². The molecule has 0 saturated heterocycles. The van der Waals surface area contributed by atoms with Crippen LogP contribution in [-0.4, -0.2) is 25.7 Å². The van der Waals surface area contributed by atoms with E-state index in [1.54, 1.807) is 0 Å². The Morgan fingerprint density at radius 1 is 1.50 bits per heavy atom.